The van der Waals surface area contributed by atoms with E-state index in [9.17, 15) is 19.5 Å². The van der Waals surface area contributed by atoms with Crippen molar-refractivity contribution in [3.8, 4) is 0 Å². The summed E-state index contributed by atoms with van der Waals surface area (Å²) < 4.78 is 17.3. The first kappa shape index (κ1) is 60.2. The summed E-state index contributed by atoms with van der Waals surface area (Å²) in [6.45, 7) is 4.54. The average molecular weight is 893 g/mol. The Kier molecular flexibility index (Phi) is 43.1. The molecule has 0 amide bonds. The summed E-state index contributed by atoms with van der Waals surface area (Å²) in [5, 5.41) is 9.65. The summed E-state index contributed by atoms with van der Waals surface area (Å²) in [5.41, 5.74) is 0. The molecule has 64 heavy (non-hydrogen) atoms. The number of esters is 2. The molecule has 8 nitrogen and oxygen atoms in total. The monoisotopic (exact) mass is 893 g/mol. The number of quaternary nitrogens is 1. The molecule has 0 aliphatic heterocycles. The summed E-state index contributed by atoms with van der Waals surface area (Å²) in [6.07, 6.45) is 61.7. The van der Waals surface area contributed by atoms with Gasteiger partial charge < -0.3 is 23.8 Å². The van der Waals surface area contributed by atoms with Crippen LogP contribution in [0.5, 0.6) is 0 Å². The molecular weight excluding hydrogens is 799 g/mol. The Morgan fingerprint density at radius 1 is 0.484 bits per heavy atom. The predicted molar refractivity (Wildman–Crippen MR) is 270 cm³/mol. The Bertz CT molecular complexity index is 1360. The Morgan fingerprint density at radius 3 is 1.33 bits per heavy atom. The van der Waals surface area contributed by atoms with Crippen LogP contribution < -0.4 is 0 Å². The zero-order valence-corrected chi connectivity index (χ0v) is 41.4. The largest absolute Gasteiger partial charge is 0.477 e. The van der Waals surface area contributed by atoms with Gasteiger partial charge in [0.05, 0.1) is 34.4 Å². The van der Waals surface area contributed by atoms with Crippen LogP contribution >= 0.6 is 0 Å². The van der Waals surface area contributed by atoms with Gasteiger partial charge in [-0.3, -0.25) is 9.59 Å². The van der Waals surface area contributed by atoms with E-state index >= 15 is 0 Å². The lowest BCUT2D eigenvalue weighted by molar-refractivity contribution is -0.887. The van der Waals surface area contributed by atoms with Crippen molar-refractivity contribution in [2.75, 3.05) is 41.0 Å². The van der Waals surface area contributed by atoms with Gasteiger partial charge in [-0.05, 0) is 96.3 Å². The molecule has 1 N–H and O–H groups in total. The van der Waals surface area contributed by atoms with E-state index in [1.165, 1.54) is 64.2 Å². The zero-order chi connectivity index (χ0) is 47.0. The Labute approximate surface area is 392 Å². The predicted octanol–water partition coefficient (Wildman–Crippen LogP) is 14.6. The second-order valence-electron chi connectivity index (χ2n) is 17.7. The topological polar surface area (TPSA) is 99.1 Å². The Balaban J connectivity index is 4.38. The van der Waals surface area contributed by atoms with E-state index in [2.05, 4.69) is 111 Å². The van der Waals surface area contributed by atoms with E-state index in [4.69, 9.17) is 14.2 Å². The third-order valence-electron chi connectivity index (χ3n) is 10.7. The number of aliphatic carboxylic acids is 1. The molecule has 0 fully saturated rings. The lowest BCUT2D eigenvalue weighted by atomic mass is 10.1. The normalized spacial score (nSPS) is 13.7. The fourth-order valence-electron chi connectivity index (χ4n) is 6.83. The van der Waals surface area contributed by atoms with Crippen molar-refractivity contribution in [3.05, 3.63) is 97.2 Å². The summed E-state index contributed by atoms with van der Waals surface area (Å²) in [6, 6.07) is -0.630. The van der Waals surface area contributed by atoms with E-state index in [1.807, 2.05) is 21.1 Å². The number of hydrogen-bond acceptors (Lipinski definition) is 6. The van der Waals surface area contributed by atoms with Crippen molar-refractivity contribution in [1.29, 1.82) is 0 Å². The number of unbranched alkanes of at least 4 members (excludes halogenated alkanes) is 14. The fraction of sp³-hybridized carbons (Fsp3) is 0.661. The molecule has 364 valence electrons. The highest BCUT2D eigenvalue weighted by molar-refractivity contribution is 5.72. The number of allylic oxidation sites excluding steroid dienone is 16. The molecule has 0 rings (SSSR count). The molecule has 0 aromatic carbocycles. The highest BCUT2D eigenvalue weighted by Crippen LogP contribution is 2.14. The smallest absolute Gasteiger partial charge is 0.362 e. The molecule has 0 saturated heterocycles. The van der Waals surface area contributed by atoms with Gasteiger partial charge in [0.25, 0.3) is 0 Å². The molecule has 0 spiro atoms. The van der Waals surface area contributed by atoms with Gasteiger partial charge in [0.1, 0.15) is 6.61 Å². The number of carbonyl (C=O) groups excluding carboxylic acids is 2. The van der Waals surface area contributed by atoms with Crippen LogP contribution in [0, 0.1) is 0 Å². The lowest BCUT2D eigenvalue weighted by Gasteiger charge is -2.31. The maximum atomic E-state index is 12.8. The minimum atomic E-state index is -0.886. The minimum absolute atomic E-state index is 0.0362. The van der Waals surface area contributed by atoms with Crippen LogP contribution in [0.15, 0.2) is 97.2 Å². The second kappa shape index (κ2) is 45.8. The van der Waals surface area contributed by atoms with Crippen LogP contribution in [0.25, 0.3) is 0 Å². The average Bonchev–Trinajstić information content (AvgIpc) is 3.26. The molecule has 0 bridgehead atoms. The zero-order valence-electron chi connectivity index (χ0n) is 41.4. The van der Waals surface area contributed by atoms with Gasteiger partial charge in [-0.25, -0.2) is 4.79 Å². The third kappa shape index (κ3) is 43.5. The van der Waals surface area contributed by atoms with Crippen LogP contribution in [-0.4, -0.2) is 80.6 Å². The van der Waals surface area contributed by atoms with E-state index in [0.29, 0.717) is 19.3 Å². The molecule has 0 saturated carbocycles. The van der Waals surface area contributed by atoms with Crippen LogP contribution in [0.1, 0.15) is 187 Å². The van der Waals surface area contributed by atoms with Crippen molar-refractivity contribution < 1.29 is 38.2 Å². The van der Waals surface area contributed by atoms with Gasteiger partial charge in [-0.15, -0.1) is 0 Å². The lowest BCUT2D eigenvalue weighted by Crippen LogP contribution is -2.50. The van der Waals surface area contributed by atoms with Crippen molar-refractivity contribution in [2.24, 2.45) is 0 Å². The molecule has 0 heterocycles. The Morgan fingerprint density at radius 2 is 0.875 bits per heavy atom. The number of ether oxygens (including phenoxy) is 3. The van der Waals surface area contributed by atoms with Gasteiger partial charge in [0, 0.05) is 19.3 Å². The molecule has 0 aromatic heterocycles. The van der Waals surface area contributed by atoms with E-state index in [0.717, 1.165) is 83.5 Å². The van der Waals surface area contributed by atoms with Crippen molar-refractivity contribution in [3.63, 3.8) is 0 Å². The maximum absolute atomic E-state index is 12.8. The molecule has 0 aromatic rings. The fourth-order valence-corrected chi connectivity index (χ4v) is 6.83. The highest BCUT2D eigenvalue weighted by Gasteiger charge is 2.31. The molecule has 2 unspecified atom stereocenters. The molecule has 0 radical (unpaired) electrons. The molecule has 2 atom stereocenters. The van der Waals surface area contributed by atoms with Gasteiger partial charge >= 0.3 is 17.9 Å². The van der Waals surface area contributed by atoms with Gasteiger partial charge in [0.15, 0.2) is 12.1 Å². The number of hydrogen-bond donors (Lipinski definition) is 1. The van der Waals surface area contributed by atoms with Crippen LogP contribution in [0.3, 0.4) is 0 Å². The van der Waals surface area contributed by atoms with Gasteiger partial charge in [-0.2, -0.15) is 0 Å². The third-order valence-corrected chi connectivity index (χ3v) is 10.7. The van der Waals surface area contributed by atoms with E-state index < -0.39 is 18.1 Å². The van der Waals surface area contributed by atoms with E-state index in [1.54, 1.807) is 0 Å². The van der Waals surface area contributed by atoms with Crippen LogP contribution in [0.2, 0.25) is 0 Å². The summed E-state index contributed by atoms with van der Waals surface area (Å²) in [4.78, 5) is 37.1. The first-order chi connectivity index (χ1) is 31.1. The standard InChI is InChI=1S/C56H93NO7/c1-6-8-10-12-14-16-18-20-22-24-26-27-29-31-33-35-37-39-41-43-45-47-55(59)64-52(50-62-49-48-53(56(60)61)57(3,4)5)51-63-54(58)46-44-42-40-38-36-34-32-30-28-25-23-21-19-17-15-13-11-9-7-2/h9,11,14-17,20-23,26-27,31,33,37,39,52-53H,6-8,10,12-13,18-19,24-25,28-30,32,34-36,38,40-51H2,1-5H3/p+1/b11-9+,16-14+,17-15+,22-20+,23-21+,27-26+,33-31+,39-37+. The number of nitrogens with zero attached hydrogens (tertiary/aromatic N) is 1. The highest BCUT2D eigenvalue weighted by atomic mass is 16.6. The minimum Gasteiger partial charge on any atom is -0.477 e. The van der Waals surface area contributed by atoms with Crippen molar-refractivity contribution >= 4 is 17.9 Å². The van der Waals surface area contributed by atoms with Gasteiger partial charge in [0.2, 0.25) is 0 Å². The van der Waals surface area contributed by atoms with Gasteiger partial charge in [-0.1, -0.05) is 169 Å². The maximum Gasteiger partial charge on any atom is 0.362 e. The summed E-state index contributed by atoms with van der Waals surface area (Å²) in [5.74, 6) is -1.54. The van der Waals surface area contributed by atoms with Crippen LogP contribution in [-0.2, 0) is 28.6 Å². The SMILES string of the molecule is CC/C=C/C/C=C/C/C=C/CCCCCCCCCCCC(=O)OCC(COCCC(C(=O)O)[N+](C)(C)C)OC(=O)CCCC/C=C/C/C=C/C/C=C/C/C=C/C/C=C/CCCCC. The number of likely N-dealkylation sites (N-methyl/N-ethyl adjacent to an activating group) is 1. The molecule has 0 aliphatic carbocycles. The number of carbonyl (C=O) groups is 3. The van der Waals surface area contributed by atoms with E-state index in [-0.39, 0.29) is 42.7 Å². The number of carboxylic acids is 1. The molecular formula is C56H94NO7+. The number of carboxylic acid groups (broad SMARTS) is 1. The quantitative estimate of drug-likeness (QED) is 0.0281. The molecule has 0 aliphatic rings. The Hall–Kier alpha value is -3.75. The number of rotatable bonds is 44. The van der Waals surface area contributed by atoms with Crippen molar-refractivity contribution in [2.45, 2.75) is 199 Å². The summed E-state index contributed by atoms with van der Waals surface area (Å²) >= 11 is 0. The summed E-state index contributed by atoms with van der Waals surface area (Å²) in [7, 11) is 5.51. The first-order valence-corrected chi connectivity index (χ1v) is 25.3. The second-order valence-corrected chi connectivity index (χ2v) is 17.7. The van der Waals surface area contributed by atoms with Crippen LogP contribution in [0.4, 0.5) is 0 Å². The first-order valence-electron chi connectivity index (χ1n) is 25.3. The van der Waals surface area contributed by atoms with Crippen molar-refractivity contribution in [1.82, 2.24) is 0 Å². The molecule has 8 heteroatoms.